The van der Waals surface area contributed by atoms with Gasteiger partial charge in [0.15, 0.2) is 10.5 Å². The second-order valence-electron chi connectivity index (χ2n) is 5.65. The molecular formula is C16H17N5O4S. The summed E-state index contributed by atoms with van der Waals surface area (Å²) in [6, 6.07) is 6.25. The molecule has 0 spiro atoms. The van der Waals surface area contributed by atoms with Crippen LogP contribution in [0.2, 0.25) is 0 Å². The van der Waals surface area contributed by atoms with Gasteiger partial charge in [-0.15, -0.1) is 0 Å². The van der Waals surface area contributed by atoms with Gasteiger partial charge in [0.2, 0.25) is 0 Å². The highest BCUT2D eigenvalue weighted by atomic mass is 32.1. The third-order valence-electron chi connectivity index (χ3n) is 3.93. The molecule has 0 saturated carbocycles. The minimum Gasteiger partial charge on any atom is -0.383 e. The summed E-state index contributed by atoms with van der Waals surface area (Å²) in [5.41, 5.74) is 1.74. The number of benzene rings is 1. The minimum atomic E-state index is -0.457. The SMILES string of the molecule is COCCn1c(=NC(=O)c2cc(C)n(C)n2)sc2ccc([N+](=O)[O-])cc21. The Labute approximate surface area is 152 Å². The number of thiazole rings is 1. The number of rotatable bonds is 5. The number of hydrogen-bond acceptors (Lipinski definition) is 6. The number of non-ortho nitro benzene ring substituents is 1. The molecule has 1 aromatic carbocycles. The average molecular weight is 375 g/mol. The summed E-state index contributed by atoms with van der Waals surface area (Å²) >= 11 is 1.29. The number of carbonyl (C=O) groups is 1. The Morgan fingerprint density at radius 1 is 1.42 bits per heavy atom. The topological polar surface area (TPSA) is 105 Å². The summed E-state index contributed by atoms with van der Waals surface area (Å²) in [5, 5.41) is 15.2. The molecule has 0 atom stereocenters. The first-order valence-electron chi connectivity index (χ1n) is 7.77. The van der Waals surface area contributed by atoms with E-state index in [9.17, 15) is 14.9 Å². The summed E-state index contributed by atoms with van der Waals surface area (Å²) in [5.74, 6) is -0.457. The second kappa shape index (κ2) is 7.18. The maximum atomic E-state index is 12.5. The van der Waals surface area contributed by atoms with Crippen molar-refractivity contribution in [1.82, 2.24) is 14.3 Å². The van der Waals surface area contributed by atoms with Gasteiger partial charge in [-0.05, 0) is 19.1 Å². The molecule has 0 aliphatic rings. The van der Waals surface area contributed by atoms with Crippen molar-refractivity contribution in [2.75, 3.05) is 13.7 Å². The number of hydrogen-bond donors (Lipinski definition) is 0. The van der Waals surface area contributed by atoms with Crippen molar-refractivity contribution in [2.45, 2.75) is 13.5 Å². The van der Waals surface area contributed by atoms with E-state index in [1.165, 1.54) is 23.5 Å². The van der Waals surface area contributed by atoms with Crippen molar-refractivity contribution < 1.29 is 14.5 Å². The number of amides is 1. The van der Waals surface area contributed by atoms with E-state index in [0.717, 1.165) is 10.4 Å². The fraction of sp³-hybridized carbons (Fsp3) is 0.312. The van der Waals surface area contributed by atoms with Crippen LogP contribution in [0.15, 0.2) is 29.3 Å². The lowest BCUT2D eigenvalue weighted by molar-refractivity contribution is -0.384. The van der Waals surface area contributed by atoms with Crippen LogP contribution >= 0.6 is 11.3 Å². The number of aromatic nitrogens is 3. The highest BCUT2D eigenvalue weighted by Crippen LogP contribution is 2.23. The lowest BCUT2D eigenvalue weighted by atomic mass is 10.3. The van der Waals surface area contributed by atoms with Gasteiger partial charge in [0.1, 0.15) is 0 Å². The van der Waals surface area contributed by atoms with Gasteiger partial charge in [-0.3, -0.25) is 19.6 Å². The van der Waals surface area contributed by atoms with Crippen molar-refractivity contribution >= 4 is 33.1 Å². The molecule has 10 heteroatoms. The average Bonchev–Trinajstić information content (AvgIpc) is 3.12. The first-order valence-corrected chi connectivity index (χ1v) is 8.59. The Bertz CT molecular complexity index is 1040. The fourth-order valence-electron chi connectivity index (χ4n) is 2.46. The number of nitrogens with zero attached hydrogens (tertiary/aromatic N) is 5. The van der Waals surface area contributed by atoms with Gasteiger partial charge in [-0.2, -0.15) is 10.1 Å². The molecule has 0 saturated heterocycles. The predicted molar refractivity (Wildman–Crippen MR) is 96.2 cm³/mol. The highest BCUT2D eigenvalue weighted by molar-refractivity contribution is 7.16. The molecule has 0 aliphatic heterocycles. The van der Waals surface area contributed by atoms with Crippen molar-refractivity contribution in [1.29, 1.82) is 0 Å². The van der Waals surface area contributed by atoms with Crippen molar-refractivity contribution in [3.05, 3.63) is 50.6 Å². The van der Waals surface area contributed by atoms with Crippen molar-refractivity contribution in [2.24, 2.45) is 12.0 Å². The van der Waals surface area contributed by atoms with E-state index in [2.05, 4.69) is 10.1 Å². The quantitative estimate of drug-likeness (QED) is 0.501. The third-order valence-corrected chi connectivity index (χ3v) is 4.98. The normalized spacial score (nSPS) is 12.0. The van der Waals surface area contributed by atoms with Crippen LogP contribution in [-0.4, -0.2) is 38.9 Å². The number of nitro benzene ring substituents is 1. The van der Waals surface area contributed by atoms with Gasteiger partial charge in [0.25, 0.3) is 11.6 Å². The standard InChI is InChI=1S/C16H17N5O4S/c1-10-8-12(18-19(10)2)15(22)17-16-20(6-7-25-3)13-9-11(21(23)24)4-5-14(13)26-16/h4-5,8-9H,6-7H2,1-3H3. The van der Waals surface area contributed by atoms with Gasteiger partial charge < -0.3 is 9.30 Å². The fourth-order valence-corrected chi connectivity index (χ4v) is 3.50. The molecule has 2 aromatic heterocycles. The second-order valence-corrected chi connectivity index (χ2v) is 6.66. The van der Waals surface area contributed by atoms with Gasteiger partial charge in [0, 0.05) is 38.5 Å². The number of ether oxygens (including phenoxy) is 1. The van der Waals surface area contributed by atoms with Gasteiger partial charge in [0.05, 0.1) is 21.7 Å². The summed E-state index contributed by atoms with van der Waals surface area (Å²) in [7, 11) is 3.32. The third kappa shape index (κ3) is 3.41. The zero-order valence-corrected chi connectivity index (χ0v) is 15.3. The molecule has 0 radical (unpaired) electrons. The Kier molecular flexibility index (Phi) is 4.96. The maximum Gasteiger partial charge on any atom is 0.300 e. The largest absolute Gasteiger partial charge is 0.383 e. The van der Waals surface area contributed by atoms with Crippen molar-refractivity contribution in [3.63, 3.8) is 0 Å². The summed E-state index contributed by atoms with van der Waals surface area (Å²) in [4.78, 5) is 27.7. The van der Waals surface area contributed by atoms with Crippen LogP contribution in [0.1, 0.15) is 16.2 Å². The summed E-state index contributed by atoms with van der Waals surface area (Å²) in [6.45, 7) is 2.66. The van der Waals surface area contributed by atoms with E-state index in [1.54, 1.807) is 35.5 Å². The van der Waals surface area contributed by atoms with Crippen LogP contribution in [0.4, 0.5) is 5.69 Å². The lowest BCUT2D eigenvalue weighted by Crippen LogP contribution is -2.19. The van der Waals surface area contributed by atoms with E-state index < -0.39 is 10.8 Å². The molecule has 136 valence electrons. The zero-order valence-electron chi connectivity index (χ0n) is 14.5. The molecule has 0 unspecified atom stereocenters. The Morgan fingerprint density at radius 3 is 2.81 bits per heavy atom. The molecule has 3 rings (SSSR count). The van der Waals surface area contributed by atoms with Crippen LogP contribution in [-0.2, 0) is 18.3 Å². The molecular weight excluding hydrogens is 358 g/mol. The predicted octanol–water partition coefficient (Wildman–Crippen LogP) is 2.04. The first-order chi connectivity index (χ1) is 12.4. The molecule has 3 aromatic rings. The van der Waals surface area contributed by atoms with E-state index in [-0.39, 0.29) is 11.4 Å². The Hall–Kier alpha value is -2.85. The first kappa shape index (κ1) is 18.0. The molecule has 9 nitrogen and oxygen atoms in total. The number of carbonyl (C=O) groups excluding carboxylic acids is 1. The monoisotopic (exact) mass is 375 g/mol. The summed E-state index contributed by atoms with van der Waals surface area (Å²) in [6.07, 6.45) is 0. The number of nitro groups is 1. The number of aryl methyl sites for hydroxylation is 2. The van der Waals surface area contributed by atoms with E-state index in [1.807, 2.05) is 6.92 Å². The lowest BCUT2D eigenvalue weighted by Gasteiger charge is -2.03. The molecule has 26 heavy (non-hydrogen) atoms. The van der Waals surface area contributed by atoms with Gasteiger partial charge >= 0.3 is 0 Å². The van der Waals surface area contributed by atoms with E-state index in [0.29, 0.717) is 23.5 Å². The number of fused-ring (bicyclic) bond motifs is 1. The van der Waals surface area contributed by atoms with E-state index >= 15 is 0 Å². The highest BCUT2D eigenvalue weighted by Gasteiger charge is 2.15. The Balaban J connectivity index is 2.13. The minimum absolute atomic E-state index is 0.0142. The molecule has 0 N–H and O–H groups in total. The maximum absolute atomic E-state index is 12.5. The smallest absolute Gasteiger partial charge is 0.300 e. The van der Waals surface area contributed by atoms with Crippen molar-refractivity contribution in [3.8, 4) is 0 Å². The van der Waals surface area contributed by atoms with Crippen LogP contribution in [0.5, 0.6) is 0 Å². The van der Waals surface area contributed by atoms with Gasteiger partial charge in [-0.25, -0.2) is 0 Å². The van der Waals surface area contributed by atoms with Crippen LogP contribution in [0.25, 0.3) is 10.2 Å². The van der Waals surface area contributed by atoms with E-state index in [4.69, 9.17) is 4.74 Å². The zero-order chi connectivity index (χ0) is 18.8. The molecule has 1 amide bonds. The Morgan fingerprint density at radius 2 is 2.19 bits per heavy atom. The van der Waals surface area contributed by atoms with Crippen LogP contribution in [0, 0.1) is 17.0 Å². The molecule has 2 heterocycles. The molecule has 0 bridgehead atoms. The summed E-state index contributed by atoms with van der Waals surface area (Å²) < 4.78 is 9.28. The van der Waals surface area contributed by atoms with Crippen LogP contribution in [0.3, 0.4) is 0 Å². The molecule has 0 aliphatic carbocycles. The van der Waals surface area contributed by atoms with Crippen LogP contribution < -0.4 is 4.80 Å². The van der Waals surface area contributed by atoms with Gasteiger partial charge in [-0.1, -0.05) is 11.3 Å². The number of methoxy groups -OCH3 is 1. The molecule has 0 fully saturated rings.